The Balaban J connectivity index is 1.93. The van der Waals surface area contributed by atoms with E-state index in [2.05, 4.69) is 10.9 Å². The van der Waals surface area contributed by atoms with Gasteiger partial charge in [-0.1, -0.05) is 17.7 Å². The molecule has 0 atom stereocenters. The number of hydrogen-bond acceptors (Lipinski definition) is 3. The Morgan fingerprint density at radius 2 is 1.57 bits per heavy atom. The molecule has 2 rings (SSSR count). The zero-order valence-electron chi connectivity index (χ0n) is 12.8. The first-order chi connectivity index (χ1) is 11.0. The summed E-state index contributed by atoms with van der Waals surface area (Å²) in [6.45, 7) is 3.85. The van der Waals surface area contributed by atoms with Gasteiger partial charge in [-0.25, -0.2) is 0 Å². The van der Waals surface area contributed by atoms with E-state index in [4.69, 9.17) is 16.3 Å². The number of carbonyl (C=O) groups excluding carboxylic acids is 2. The Bertz CT molecular complexity index is 699. The minimum Gasteiger partial charge on any atom is -0.491 e. The van der Waals surface area contributed by atoms with Gasteiger partial charge in [-0.2, -0.15) is 0 Å². The first-order valence-corrected chi connectivity index (χ1v) is 7.46. The van der Waals surface area contributed by atoms with E-state index in [0.29, 0.717) is 21.9 Å². The minimum absolute atomic E-state index is 0.0617. The molecular weight excluding hydrogens is 316 g/mol. The van der Waals surface area contributed by atoms with Gasteiger partial charge in [0.1, 0.15) is 5.75 Å². The highest BCUT2D eigenvalue weighted by molar-refractivity contribution is 6.30. The lowest BCUT2D eigenvalue weighted by Gasteiger charge is -2.10. The van der Waals surface area contributed by atoms with Crippen molar-refractivity contribution in [3.8, 4) is 5.75 Å². The van der Waals surface area contributed by atoms with Crippen LogP contribution in [0.2, 0.25) is 5.02 Å². The molecule has 0 bridgehead atoms. The zero-order chi connectivity index (χ0) is 16.8. The van der Waals surface area contributed by atoms with Crippen LogP contribution in [0.15, 0.2) is 48.5 Å². The van der Waals surface area contributed by atoms with Gasteiger partial charge in [0.2, 0.25) is 0 Å². The third kappa shape index (κ3) is 5.00. The van der Waals surface area contributed by atoms with E-state index in [0.717, 1.165) is 0 Å². The summed E-state index contributed by atoms with van der Waals surface area (Å²) in [5.41, 5.74) is 5.47. The number of hydrogen-bond donors (Lipinski definition) is 2. The number of hydrazine groups is 1. The molecule has 0 aromatic heterocycles. The lowest BCUT2D eigenvalue weighted by Crippen LogP contribution is -2.41. The van der Waals surface area contributed by atoms with E-state index in [1.807, 2.05) is 13.8 Å². The predicted molar refractivity (Wildman–Crippen MR) is 88.6 cm³/mol. The van der Waals surface area contributed by atoms with Crippen LogP contribution >= 0.6 is 11.6 Å². The number of amides is 2. The standard InChI is InChI=1S/C17H17ClN2O3/c1-11(2)23-15-8-6-12(7-9-15)16(21)19-20-17(22)13-4-3-5-14(18)10-13/h3-11H,1-2H3,(H,19,21)(H,20,22). The highest BCUT2D eigenvalue weighted by atomic mass is 35.5. The maximum absolute atomic E-state index is 12.0. The molecule has 2 aromatic rings. The molecule has 0 aliphatic carbocycles. The minimum atomic E-state index is -0.444. The highest BCUT2D eigenvalue weighted by Gasteiger charge is 2.09. The molecule has 0 saturated heterocycles. The third-order valence-corrected chi connectivity index (χ3v) is 3.10. The number of benzene rings is 2. The molecule has 5 nitrogen and oxygen atoms in total. The molecule has 0 aliphatic heterocycles. The van der Waals surface area contributed by atoms with Crippen LogP contribution in [0.4, 0.5) is 0 Å². The van der Waals surface area contributed by atoms with Gasteiger partial charge in [-0.15, -0.1) is 0 Å². The molecule has 2 N–H and O–H groups in total. The average molecular weight is 333 g/mol. The van der Waals surface area contributed by atoms with Gasteiger partial charge in [0.05, 0.1) is 6.10 Å². The van der Waals surface area contributed by atoms with Crippen molar-refractivity contribution in [2.24, 2.45) is 0 Å². The number of nitrogens with one attached hydrogen (secondary N) is 2. The van der Waals surface area contributed by atoms with Crippen LogP contribution in [0.5, 0.6) is 5.75 Å². The summed E-state index contributed by atoms with van der Waals surface area (Å²) in [4.78, 5) is 23.9. The Morgan fingerprint density at radius 1 is 0.957 bits per heavy atom. The molecular formula is C17H17ClN2O3. The third-order valence-electron chi connectivity index (χ3n) is 2.86. The molecule has 120 valence electrons. The second kappa shape index (κ2) is 7.65. The van der Waals surface area contributed by atoms with E-state index < -0.39 is 11.8 Å². The van der Waals surface area contributed by atoms with Crippen LogP contribution in [-0.2, 0) is 0 Å². The van der Waals surface area contributed by atoms with E-state index in [9.17, 15) is 9.59 Å². The van der Waals surface area contributed by atoms with Crippen LogP contribution in [0, 0.1) is 0 Å². The topological polar surface area (TPSA) is 67.4 Å². The molecule has 0 heterocycles. The fourth-order valence-electron chi connectivity index (χ4n) is 1.84. The van der Waals surface area contributed by atoms with Gasteiger partial charge >= 0.3 is 0 Å². The second-order valence-corrected chi connectivity index (χ2v) is 5.55. The van der Waals surface area contributed by atoms with E-state index in [1.165, 1.54) is 6.07 Å². The Hall–Kier alpha value is -2.53. The van der Waals surface area contributed by atoms with Gasteiger partial charge < -0.3 is 4.74 Å². The molecule has 2 amide bonds. The first kappa shape index (κ1) is 16.8. The summed E-state index contributed by atoms with van der Waals surface area (Å²) in [6.07, 6.45) is 0.0617. The van der Waals surface area contributed by atoms with Gasteiger partial charge in [0.25, 0.3) is 11.8 Å². The average Bonchev–Trinajstić information content (AvgIpc) is 2.52. The van der Waals surface area contributed by atoms with E-state index in [1.54, 1.807) is 42.5 Å². The van der Waals surface area contributed by atoms with Crippen molar-refractivity contribution >= 4 is 23.4 Å². The van der Waals surface area contributed by atoms with Crippen molar-refractivity contribution < 1.29 is 14.3 Å². The first-order valence-electron chi connectivity index (χ1n) is 7.08. The van der Waals surface area contributed by atoms with Crippen molar-refractivity contribution in [2.75, 3.05) is 0 Å². The van der Waals surface area contributed by atoms with E-state index >= 15 is 0 Å². The van der Waals surface area contributed by atoms with Gasteiger partial charge in [0, 0.05) is 16.1 Å². The molecule has 0 unspecified atom stereocenters. The Kier molecular flexibility index (Phi) is 5.60. The van der Waals surface area contributed by atoms with Crippen molar-refractivity contribution in [1.82, 2.24) is 10.9 Å². The number of halogens is 1. The van der Waals surface area contributed by atoms with Crippen LogP contribution in [0.1, 0.15) is 34.6 Å². The van der Waals surface area contributed by atoms with Gasteiger partial charge in [-0.05, 0) is 56.3 Å². The molecule has 6 heteroatoms. The van der Waals surface area contributed by atoms with Crippen molar-refractivity contribution in [2.45, 2.75) is 20.0 Å². The summed E-state index contributed by atoms with van der Waals surface area (Å²) < 4.78 is 5.50. The van der Waals surface area contributed by atoms with E-state index in [-0.39, 0.29) is 6.10 Å². The SMILES string of the molecule is CC(C)Oc1ccc(C(=O)NNC(=O)c2cccc(Cl)c2)cc1. The molecule has 0 aliphatic rings. The van der Waals surface area contributed by atoms with Crippen molar-refractivity contribution in [3.63, 3.8) is 0 Å². The Labute approximate surface area is 139 Å². The molecule has 0 radical (unpaired) electrons. The maximum atomic E-state index is 12.0. The molecule has 0 spiro atoms. The summed E-state index contributed by atoms with van der Waals surface area (Å²) in [5.74, 6) is -0.184. The molecule has 2 aromatic carbocycles. The van der Waals surface area contributed by atoms with Crippen LogP contribution in [0.25, 0.3) is 0 Å². The largest absolute Gasteiger partial charge is 0.491 e. The Morgan fingerprint density at radius 3 is 2.13 bits per heavy atom. The number of rotatable bonds is 4. The predicted octanol–water partition coefficient (Wildman–Crippen LogP) is 3.20. The lowest BCUT2D eigenvalue weighted by atomic mass is 10.2. The summed E-state index contributed by atoms with van der Waals surface area (Å²) in [5, 5.41) is 0.449. The smallest absolute Gasteiger partial charge is 0.269 e. The lowest BCUT2D eigenvalue weighted by molar-refractivity contribution is 0.0846. The molecule has 23 heavy (non-hydrogen) atoms. The van der Waals surface area contributed by atoms with Gasteiger partial charge in [0.15, 0.2) is 0 Å². The number of carbonyl (C=O) groups is 2. The normalized spacial score (nSPS) is 10.3. The zero-order valence-corrected chi connectivity index (χ0v) is 13.6. The summed E-state index contributed by atoms with van der Waals surface area (Å²) in [7, 11) is 0. The van der Waals surface area contributed by atoms with Gasteiger partial charge in [-0.3, -0.25) is 20.4 Å². The maximum Gasteiger partial charge on any atom is 0.269 e. The molecule has 0 fully saturated rings. The second-order valence-electron chi connectivity index (χ2n) is 5.11. The van der Waals surface area contributed by atoms with Crippen LogP contribution in [-0.4, -0.2) is 17.9 Å². The van der Waals surface area contributed by atoms with Crippen LogP contribution in [0.3, 0.4) is 0 Å². The summed E-state index contributed by atoms with van der Waals surface area (Å²) >= 11 is 5.82. The van der Waals surface area contributed by atoms with Crippen LogP contribution < -0.4 is 15.6 Å². The molecule has 0 saturated carbocycles. The monoisotopic (exact) mass is 332 g/mol. The van der Waals surface area contributed by atoms with Crippen molar-refractivity contribution in [1.29, 1.82) is 0 Å². The fourth-order valence-corrected chi connectivity index (χ4v) is 2.03. The summed E-state index contributed by atoms with van der Waals surface area (Å²) in [6, 6.07) is 13.1. The highest BCUT2D eigenvalue weighted by Crippen LogP contribution is 2.14. The van der Waals surface area contributed by atoms with Crippen molar-refractivity contribution in [3.05, 3.63) is 64.7 Å². The quantitative estimate of drug-likeness (QED) is 0.845. The fraction of sp³-hybridized carbons (Fsp3) is 0.176. The number of ether oxygens (including phenoxy) is 1.